The maximum absolute atomic E-state index is 12.1. The Morgan fingerprint density at radius 1 is 1.50 bits per heavy atom. The molecule has 0 bridgehead atoms. The molecule has 0 saturated heterocycles. The predicted octanol–water partition coefficient (Wildman–Crippen LogP) is 1.29. The number of nitrogens with two attached hydrogens (primary N) is 1. The van der Waals surface area contributed by atoms with Gasteiger partial charge in [-0.1, -0.05) is 0 Å². The van der Waals surface area contributed by atoms with Crippen LogP contribution in [0, 0.1) is 6.42 Å². The van der Waals surface area contributed by atoms with Gasteiger partial charge in [0.25, 0.3) is 0 Å². The van der Waals surface area contributed by atoms with E-state index in [2.05, 4.69) is 0 Å². The molecule has 0 aromatic rings. The van der Waals surface area contributed by atoms with Crippen molar-refractivity contribution in [3.05, 3.63) is 30.1 Å². The molecule has 1 radical (unpaired) electrons. The second-order valence-electron chi connectivity index (χ2n) is 1.70. The van der Waals surface area contributed by atoms with Gasteiger partial charge in [0.2, 0.25) is 0 Å². The highest BCUT2D eigenvalue weighted by molar-refractivity contribution is 5.25. The van der Waals surface area contributed by atoms with Gasteiger partial charge in [0.05, 0.1) is 0 Å². The van der Waals surface area contributed by atoms with Gasteiger partial charge < -0.3 is 5.73 Å². The van der Waals surface area contributed by atoms with Crippen LogP contribution in [0.5, 0.6) is 0 Å². The molecule has 1 nitrogen and oxygen atoms in total. The average molecular weight is 112 g/mol. The second-order valence-corrected chi connectivity index (χ2v) is 1.70. The van der Waals surface area contributed by atoms with Gasteiger partial charge >= 0.3 is 0 Å². The van der Waals surface area contributed by atoms with Crippen molar-refractivity contribution in [2.24, 2.45) is 5.73 Å². The predicted molar refractivity (Wildman–Crippen MR) is 30.4 cm³/mol. The molecule has 43 valence electrons. The van der Waals surface area contributed by atoms with Gasteiger partial charge in [-0.3, -0.25) is 0 Å². The van der Waals surface area contributed by atoms with E-state index < -0.39 is 0 Å². The third kappa shape index (κ3) is 1.09. The van der Waals surface area contributed by atoms with Gasteiger partial charge in [-0.2, -0.15) is 0 Å². The highest BCUT2D eigenvalue weighted by Gasteiger charge is 2.00. The number of hydrogen-bond donors (Lipinski definition) is 1. The van der Waals surface area contributed by atoms with Gasteiger partial charge in [0.1, 0.15) is 5.83 Å². The molecule has 0 amide bonds. The summed E-state index contributed by atoms with van der Waals surface area (Å²) in [5.74, 6) is -0.195. The Bertz CT molecular complexity index is 129. The van der Waals surface area contributed by atoms with Crippen LogP contribution in [0.15, 0.2) is 23.7 Å². The number of hydrogen-bond acceptors (Lipinski definition) is 1. The molecule has 1 aliphatic rings. The summed E-state index contributed by atoms with van der Waals surface area (Å²) >= 11 is 0. The van der Waals surface area contributed by atoms with Crippen molar-refractivity contribution in [1.82, 2.24) is 0 Å². The normalized spacial score (nSPS) is 19.6. The zero-order valence-electron chi connectivity index (χ0n) is 4.39. The van der Waals surface area contributed by atoms with Crippen LogP contribution >= 0.6 is 0 Å². The summed E-state index contributed by atoms with van der Waals surface area (Å²) in [5, 5.41) is 0. The van der Waals surface area contributed by atoms with Gasteiger partial charge in [0.15, 0.2) is 0 Å². The van der Waals surface area contributed by atoms with Gasteiger partial charge in [-0.15, -0.1) is 0 Å². The van der Waals surface area contributed by atoms with E-state index in [1.165, 1.54) is 12.5 Å². The van der Waals surface area contributed by atoms with Crippen molar-refractivity contribution in [3.8, 4) is 0 Å². The lowest BCUT2D eigenvalue weighted by molar-refractivity contribution is 0.637. The third-order valence-electron chi connectivity index (χ3n) is 0.989. The van der Waals surface area contributed by atoms with Crippen LogP contribution in [-0.4, -0.2) is 0 Å². The van der Waals surface area contributed by atoms with Crippen molar-refractivity contribution in [3.63, 3.8) is 0 Å². The lowest BCUT2D eigenvalue weighted by Gasteiger charge is -2.02. The Labute approximate surface area is 47.7 Å². The molecule has 2 N–H and O–H groups in total. The lowest BCUT2D eigenvalue weighted by Crippen LogP contribution is -1.99. The smallest absolute Gasteiger partial charge is 0.104 e. The molecule has 1 aliphatic carbocycles. The van der Waals surface area contributed by atoms with Crippen LogP contribution < -0.4 is 5.73 Å². The first-order valence-corrected chi connectivity index (χ1v) is 2.44. The molecule has 0 saturated carbocycles. The molecule has 0 aromatic heterocycles. The van der Waals surface area contributed by atoms with Crippen LogP contribution in [0.25, 0.3) is 0 Å². The molecular formula is C6H7FN. The van der Waals surface area contributed by atoms with E-state index in [1.807, 2.05) is 0 Å². The summed E-state index contributed by atoms with van der Waals surface area (Å²) in [6.07, 6.45) is 4.94. The monoisotopic (exact) mass is 112 g/mol. The van der Waals surface area contributed by atoms with Crippen molar-refractivity contribution >= 4 is 0 Å². The zero-order chi connectivity index (χ0) is 5.98. The van der Waals surface area contributed by atoms with E-state index >= 15 is 0 Å². The first-order valence-electron chi connectivity index (χ1n) is 2.44. The van der Waals surface area contributed by atoms with E-state index in [-0.39, 0.29) is 5.83 Å². The fraction of sp³-hybridized carbons (Fsp3) is 0.167. The molecule has 0 spiro atoms. The van der Waals surface area contributed by atoms with Gasteiger partial charge in [0, 0.05) is 12.1 Å². The molecule has 8 heavy (non-hydrogen) atoms. The van der Waals surface area contributed by atoms with Crippen LogP contribution in [0.1, 0.15) is 6.42 Å². The van der Waals surface area contributed by atoms with E-state index in [0.717, 1.165) is 0 Å². The molecule has 0 heterocycles. The third-order valence-corrected chi connectivity index (χ3v) is 0.989. The minimum atomic E-state index is -0.195. The van der Waals surface area contributed by atoms with Crippen LogP contribution in [0.3, 0.4) is 0 Å². The summed E-state index contributed by atoms with van der Waals surface area (Å²) in [6.45, 7) is 0. The summed E-state index contributed by atoms with van der Waals surface area (Å²) in [6, 6.07) is 0. The molecule has 0 fully saturated rings. The fourth-order valence-corrected chi connectivity index (χ4v) is 0.538. The standard InChI is InChI=1S/C6H7FN/c7-5-1-3-6(8)4-2-5/h1-3H,4,8H2. The Morgan fingerprint density at radius 3 is 2.62 bits per heavy atom. The summed E-state index contributed by atoms with van der Waals surface area (Å²) in [7, 11) is 0. The summed E-state index contributed by atoms with van der Waals surface area (Å²) in [4.78, 5) is 0. The van der Waals surface area contributed by atoms with Crippen molar-refractivity contribution in [2.75, 3.05) is 0 Å². The highest BCUT2D eigenvalue weighted by Crippen LogP contribution is 2.13. The van der Waals surface area contributed by atoms with E-state index in [0.29, 0.717) is 12.1 Å². The molecule has 1 rings (SSSR count). The van der Waals surface area contributed by atoms with E-state index in [1.54, 1.807) is 6.08 Å². The van der Waals surface area contributed by atoms with E-state index in [9.17, 15) is 4.39 Å². The largest absolute Gasteiger partial charge is 0.402 e. The highest BCUT2D eigenvalue weighted by atomic mass is 19.1. The maximum atomic E-state index is 12.1. The molecule has 2 heteroatoms. The fourth-order valence-electron chi connectivity index (χ4n) is 0.538. The van der Waals surface area contributed by atoms with Gasteiger partial charge in [-0.05, 0) is 18.6 Å². The minimum Gasteiger partial charge on any atom is -0.402 e. The van der Waals surface area contributed by atoms with Crippen LogP contribution in [0.2, 0.25) is 0 Å². The summed E-state index contributed by atoms with van der Waals surface area (Å²) in [5.41, 5.74) is 6.03. The lowest BCUT2D eigenvalue weighted by atomic mass is 10.1. The van der Waals surface area contributed by atoms with Crippen molar-refractivity contribution < 1.29 is 4.39 Å². The molecule has 0 aliphatic heterocycles. The maximum Gasteiger partial charge on any atom is 0.104 e. The van der Waals surface area contributed by atoms with Crippen molar-refractivity contribution in [2.45, 2.75) is 6.42 Å². The Morgan fingerprint density at radius 2 is 2.25 bits per heavy atom. The number of allylic oxidation sites excluding steroid dienone is 4. The van der Waals surface area contributed by atoms with Crippen LogP contribution in [0.4, 0.5) is 4.39 Å². The molecule has 0 aromatic carbocycles. The zero-order valence-corrected chi connectivity index (χ0v) is 4.39. The quantitative estimate of drug-likeness (QED) is 0.502. The van der Waals surface area contributed by atoms with Crippen LogP contribution in [-0.2, 0) is 0 Å². The number of rotatable bonds is 0. The Hall–Kier alpha value is -0.790. The van der Waals surface area contributed by atoms with Crippen molar-refractivity contribution in [1.29, 1.82) is 0 Å². The minimum absolute atomic E-state index is 0.195. The van der Waals surface area contributed by atoms with Gasteiger partial charge in [-0.25, -0.2) is 4.39 Å². The first kappa shape index (κ1) is 5.35. The Balaban J connectivity index is 2.65. The van der Waals surface area contributed by atoms with E-state index in [4.69, 9.17) is 5.73 Å². The summed E-state index contributed by atoms with van der Waals surface area (Å²) < 4.78 is 12.1. The SMILES string of the molecule is NC1=CC=C(F)[CH]C1. The topological polar surface area (TPSA) is 26.0 Å². The first-order chi connectivity index (χ1) is 3.79. The average Bonchev–Trinajstić information content (AvgIpc) is 1.77. The Kier molecular flexibility index (Phi) is 1.33. The number of halogens is 1. The molecule has 0 atom stereocenters. The molecular weight excluding hydrogens is 105 g/mol. The molecule has 0 unspecified atom stereocenters. The second kappa shape index (κ2) is 1.99.